The summed E-state index contributed by atoms with van der Waals surface area (Å²) in [6, 6.07) is 10.1. The molecule has 0 aliphatic heterocycles. The zero-order valence-electron chi connectivity index (χ0n) is 21.8. The van der Waals surface area contributed by atoms with Crippen LogP contribution in [0, 0.1) is 5.92 Å². The lowest BCUT2D eigenvalue weighted by Gasteiger charge is -2.43. The van der Waals surface area contributed by atoms with Gasteiger partial charge in [0.2, 0.25) is 0 Å². The number of nitrogens with one attached hydrogen (secondary N) is 2. The van der Waals surface area contributed by atoms with E-state index < -0.39 is 5.97 Å². The van der Waals surface area contributed by atoms with Crippen molar-refractivity contribution in [3.8, 4) is 0 Å². The van der Waals surface area contributed by atoms with Crippen LogP contribution in [0.15, 0.2) is 36.5 Å². The molecule has 2 aromatic rings. The summed E-state index contributed by atoms with van der Waals surface area (Å²) in [5, 5.41) is 16.7. The van der Waals surface area contributed by atoms with Gasteiger partial charge in [-0.05, 0) is 73.3 Å². The first-order valence-corrected chi connectivity index (χ1v) is 12.6. The van der Waals surface area contributed by atoms with Gasteiger partial charge >= 0.3 is 5.97 Å². The van der Waals surface area contributed by atoms with E-state index in [9.17, 15) is 9.90 Å². The monoisotopic (exact) mass is 483 g/mol. The minimum Gasteiger partial charge on any atom is -0.481 e. The smallest absolute Gasteiger partial charge is 0.303 e. The zero-order chi connectivity index (χ0) is 25.4. The van der Waals surface area contributed by atoms with Gasteiger partial charge in [0.25, 0.3) is 0 Å². The molecule has 0 spiro atoms. The van der Waals surface area contributed by atoms with E-state index >= 15 is 0 Å². The molecular formula is C28H41N3O4. The molecule has 1 fully saturated rings. The Morgan fingerprint density at radius 2 is 1.89 bits per heavy atom. The molecule has 1 atom stereocenters. The van der Waals surface area contributed by atoms with Gasteiger partial charge in [-0.15, -0.1) is 0 Å². The number of rotatable bonds is 12. The number of carbonyl (C=O) groups is 1. The van der Waals surface area contributed by atoms with Crippen LogP contribution >= 0.6 is 0 Å². The summed E-state index contributed by atoms with van der Waals surface area (Å²) in [5.41, 5.74) is 3.89. The molecule has 3 N–H and O–H groups in total. The van der Waals surface area contributed by atoms with Crippen LogP contribution in [0.25, 0.3) is 0 Å². The second-order valence-corrected chi connectivity index (χ2v) is 10.4. The molecule has 1 aliphatic rings. The standard InChI is InChI=1S/C28H41N3O4/c1-19(2)16-28(12-10-23(35-5)11-13-28)31-24-8-7-22(20(3)14-27(32)33)15-25(24)30-26-9-6-21(17-29-26)18-34-4/h6-9,15,17,19-20,23,31H,10-14,16,18H2,1-5H3,(H,29,30)(H,32,33)/t20-,23?,28?/m1/s1. The van der Waals surface area contributed by atoms with E-state index in [0.29, 0.717) is 18.6 Å². The van der Waals surface area contributed by atoms with Crippen molar-refractivity contribution in [3.05, 3.63) is 47.7 Å². The molecular weight excluding hydrogens is 442 g/mol. The molecule has 1 aliphatic carbocycles. The van der Waals surface area contributed by atoms with E-state index in [1.54, 1.807) is 14.2 Å². The van der Waals surface area contributed by atoms with Gasteiger partial charge in [0, 0.05) is 26.0 Å². The average Bonchev–Trinajstić information content (AvgIpc) is 2.81. The third-order valence-corrected chi connectivity index (χ3v) is 6.91. The van der Waals surface area contributed by atoms with Crippen molar-refractivity contribution < 1.29 is 19.4 Å². The molecule has 0 radical (unpaired) electrons. The minimum atomic E-state index is -0.796. The van der Waals surface area contributed by atoms with E-state index in [-0.39, 0.29) is 17.9 Å². The van der Waals surface area contributed by atoms with Crippen LogP contribution in [0.2, 0.25) is 0 Å². The topological polar surface area (TPSA) is 92.7 Å². The second-order valence-electron chi connectivity index (χ2n) is 10.4. The maximum Gasteiger partial charge on any atom is 0.303 e. The number of benzene rings is 1. The first-order valence-electron chi connectivity index (χ1n) is 12.6. The predicted molar refractivity (Wildman–Crippen MR) is 140 cm³/mol. The fraction of sp³-hybridized carbons (Fsp3) is 0.571. The highest BCUT2D eigenvalue weighted by molar-refractivity contribution is 5.75. The summed E-state index contributed by atoms with van der Waals surface area (Å²) in [7, 11) is 3.47. The van der Waals surface area contributed by atoms with Crippen LogP contribution in [-0.4, -0.2) is 41.9 Å². The summed E-state index contributed by atoms with van der Waals surface area (Å²) < 4.78 is 10.8. The van der Waals surface area contributed by atoms with Crippen LogP contribution in [0.3, 0.4) is 0 Å². The number of aromatic nitrogens is 1. The highest BCUT2D eigenvalue weighted by Gasteiger charge is 2.36. The Morgan fingerprint density at radius 3 is 2.46 bits per heavy atom. The fourth-order valence-corrected chi connectivity index (χ4v) is 5.18. The molecule has 1 saturated carbocycles. The van der Waals surface area contributed by atoms with Crippen molar-refractivity contribution >= 4 is 23.2 Å². The number of methoxy groups -OCH3 is 2. The van der Waals surface area contributed by atoms with Crippen molar-refractivity contribution in [2.45, 2.75) is 83.5 Å². The number of ether oxygens (including phenoxy) is 2. The molecule has 192 valence electrons. The van der Waals surface area contributed by atoms with Gasteiger partial charge in [0.15, 0.2) is 0 Å². The zero-order valence-corrected chi connectivity index (χ0v) is 21.8. The largest absolute Gasteiger partial charge is 0.481 e. The Labute approximate surface area is 209 Å². The van der Waals surface area contributed by atoms with Crippen LogP contribution < -0.4 is 10.6 Å². The number of carboxylic acid groups (broad SMARTS) is 1. The second kappa shape index (κ2) is 12.4. The summed E-state index contributed by atoms with van der Waals surface area (Å²) in [5.74, 6) is 0.399. The Balaban J connectivity index is 1.92. The van der Waals surface area contributed by atoms with Crippen molar-refractivity contribution in [3.63, 3.8) is 0 Å². The number of hydrogen-bond acceptors (Lipinski definition) is 6. The number of anilines is 3. The molecule has 1 aromatic heterocycles. The van der Waals surface area contributed by atoms with Crippen LogP contribution in [0.4, 0.5) is 17.2 Å². The number of carboxylic acids is 1. The molecule has 1 heterocycles. The van der Waals surface area contributed by atoms with Crippen molar-refractivity contribution in [2.24, 2.45) is 5.92 Å². The molecule has 0 amide bonds. The van der Waals surface area contributed by atoms with Gasteiger partial charge in [-0.1, -0.05) is 32.9 Å². The summed E-state index contributed by atoms with van der Waals surface area (Å²) in [6.45, 7) is 7.01. The fourth-order valence-electron chi connectivity index (χ4n) is 5.18. The first-order chi connectivity index (χ1) is 16.7. The van der Waals surface area contributed by atoms with E-state index in [0.717, 1.165) is 60.4 Å². The molecule has 0 saturated heterocycles. The molecule has 35 heavy (non-hydrogen) atoms. The van der Waals surface area contributed by atoms with Crippen LogP contribution in [-0.2, 0) is 20.9 Å². The van der Waals surface area contributed by atoms with Gasteiger partial charge < -0.3 is 25.2 Å². The molecule has 7 heteroatoms. The predicted octanol–water partition coefficient (Wildman–Crippen LogP) is 6.34. The third kappa shape index (κ3) is 7.67. The summed E-state index contributed by atoms with van der Waals surface area (Å²) in [6.07, 6.45) is 7.46. The number of pyridine rings is 1. The van der Waals surface area contributed by atoms with Gasteiger partial charge in [-0.3, -0.25) is 4.79 Å². The van der Waals surface area contributed by atoms with Crippen LogP contribution in [0.5, 0.6) is 0 Å². The molecule has 0 unspecified atom stereocenters. The number of nitrogens with zero attached hydrogens (tertiary/aromatic N) is 1. The van der Waals surface area contributed by atoms with Crippen molar-refractivity contribution in [1.29, 1.82) is 0 Å². The number of hydrogen-bond donors (Lipinski definition) is 3. The van der Waals surface area contributed by atoms with E-state index in [1.807, 2.05) is 31.3 Å². The average molecular weight is 484 g/mol. The van der Waals surface area contributed by atoms with Gasteiger partial charge in [0.1, 0.15) is 5.82 Å². The molecule has 7 nitrogen and oxygen atoms in total. The highest BCUT2D eigenvalue weighted by Crippen LogP contribution is 2.40. The van der Waals surface area contributed by atoms with Gasteiger partial charge in [-0.2, -0.15) is 0 Å². The SMILES string of the molecule is COCc1ccc(Nc2cc([C@H](C)CC(=O)O)ccc2NC2(CC(C)C)CCC(OC)CC2)nc1. The van der Waals surface area contributed by atoms with Crippen molar-refractivity contribution in [1.82, 2.24) is 4.98 Å². The summed E-state index contributed by atoms with van der Waals surface area (Å²) in [4.78, 5) is 15.9. The van der Waals surface area contributed by atoms with Crippen LogP contribution in [0.1, 0.15) is 76.3 Å². The quantitative estimate of drug-likeness (QED) is 0.324. The maximum absolute atomic E-state index is 11.3. The Kier molecular flexibility index (Phi) is 9.52. The molecule has 1 aromatic carbocycles. The Bertz CT molecular complexity index is 953. The van der Waals surface area contributed by atoms with E-state index in [1.165, 1.54) is 0 Å². The molecule has 3 rings (SSSR count). The maximum atomic E-state index is 11.3. The number of aliphatic carboxylic acids is 1. The Hall–Kier alpha value is -2.64. The minimum absolute atomic E-state index is 0.0103. The lowest BCUT2D eigenvalue weighted by Crippen LogP contribution is -2.44. The van der Waals surface area contributed by atoms with E-state index in [4.69, 9.17) is 9.47 Å². The normalized spacial score (nSPS) is 21.0. The lowest BCUT2D eigenvalue weighted by atomic mass is 9.75. The van der Waals surface area contributed by atoms with Crippen molar-refractivity contribution in [2.75, 3.05) is 24.9 Å². The first kappa shape index (κ1) is 27.0. The lowest BCUT2D eigenvalue weighted by molar-refractivity contribution is -0.137. The van der Waals surface area contributed by atoms with Gasteiger partial charge in [0.05, 0.1) is 30.5 Å². The van der Waals surface area contributed by atoms with E-state index in [2.05, 4.69) is 41.6 Å². The Morgan fingerprint density at radius 1 is 1.14 bits per heavy atom. The van der Waals surface area contributed by atoms with Gasteiger partial charge in [-0.25, -0.2) is 4.98 Å². The highest BCUT2D eigenvalue weighted by atomic mass is 16.5. The third-order valence-electron chi connectivity index (χ3n) is 6.91. The summed E-state index contributed by atoms with van der Waals surface area (Å²) >= 11 is 0. The molecule has 0 bridgehead atoms.